The van der Waals surface area contributed by atoms with Gasteiger partial charge < -0.3 is 21.3 Å². The van der Waals surface area contributed by atoms with Gasteiger partial charge in [-0.15, -0.1) is 0 Å². The summed E-state index contributed by atoms with van der Waals surface area (Å²) >= 11 is 0. The third-order valence-electron chi connectivity index (χ3n) is 15.8. The number of rotatable bonds is 25. The van der Waals surface area contributed by atoms with Crippen LogP contribution in [0.4, 0.5) is 11.4 Å². The number of nitrogens with one attached hydrogen (secondary N) is 4. The zero-order valence-electron chi connectivity index (χ0n) is 38.6. The summed E-state index contributed by atoms with van der Waals surface area (Å²) in [7, 11) is 0. The second kappa shape index (κ2) is 23.2. The molecule has 0 radical (unpaired) electrons. The molecule has 5 rings (SSSR count). The van der Waals surface area contributed by atoms with Gasteiger partial charge in [0.2, 0.25) is 17.7 Å². The molecule has 4 aliphatic rings. The monoisotopic (exact) mass is 863 g/mol. The molecule has 346 valence electrons. The van der Waals surface area contributed by atoms with Crippen molar-refractivity contribution in [1.29, 1.82) is 0 Å². The number of non-ortho nitro benzene ring substituents is 1. The van der Waals surface area contributed by atoms with Crippen LogP contribution in [0.5, 0.6) is 0 Å². The summed E-state index contributed by atoms with van der Waals surface area (Å²) in [5, 5.41) is 34.5. The van der Waals surface area contributed by atoms with Crippen LogP contribution in [-0.4, -0.2) is 59.8 Å². The Bertz CT molecular complexity index is 1730. The molecule has 3 fully saturated rings. The van der Waals surface area contributed by atoms with E-state index in [0.29, 0.717) is 54.7 Å². The molecule has 0 aromatic heterocycles. The molecule has 0 heterocycles. The Balaban J connectivity index is 0.875. The van der Waals surface area contributed by atoms with E-state index in [4.69, 9.17) is 0 Å². The molecule has 4 N–H and O–H groups in total. The molecule has 4 unspecified atom stereocenters. The molecule has 4 aliphatic carbocycles. The average Bonchev–Trinajstić information content (AvgIpc) is 3.59. The van der Waals surface area contributed by atoms with Crippen molar-refractivity contribution < 1.29 is 24.2 Å². The summed E-state index contributed by atoms with van der Waals surface area (Å²) in [6, 6.07) is 4.20. The normalized spacial score (nSPS) is 27.0. The number of carbonyl (C=O) groups excluding carboxylic acids is 3. The Labute approximate surface area is 370 Å². The predicted molar refractivity (Wildman–Crippen MR) is 244 cm³/mol. The molecule has 0 spiro atoms. The van der Waals surface area contributed by atoms with Gasteiger partial charge in [-0.2, -0.15) is 0 Å². The Hall–Kier alpha value is -3.87. The number of nitro groups is 2. The topological polar surface area (TPSA) is 186 Å². The highest BCUT2D eigenvalue weighted by Gasteiger charge is 2.59. The molecule has 13 heteroatoms. The lowest BCUT2D eigenvalue weighted by Gasteiger charge is -2.58. The number of benzene rings is 1. The Kier molecular flexibility index (Phi) is 18.4. The second-order valence-corrected chi connectivity index (χ2v) is 20.3. The lowest BCUT2D eigenvalue weighted by molar-refractivity contribution is -0.394. The maximum absolute atomic E-state index is 12.4. The number of aryl methyl sites for hydroxylation is 1. The highest BCUT2D eigenvalue weighted by atomic mass is 16.6. The zero-order chi connectivity index (χ0) is 44.9. The van der Waals surface area contributed by atoms with E-state index in [9.17, 15) is 34.6 Å². The Morgan fingerprint density at radius 3 is 2.13 bits per heavy atom. The van der Waals surface area contributed by atoms with Crippen molar-refractivity contribution in [3.8, 4) is 0 Å². The summed E-state index contributed by atoms with van der Waals surface area (Å²) in [6.45, 7) is 14.5. The molecule has 1 aromatic rings. The van der Waals surface area contributed by atoms with Crippen molar-refractivity contribution in [1.82, 2.24) is 21.3 Å². The van der Waals surface area contributed by atoms with Crippen molar-refractivity contribution in [2.75, 3.05) is 26.2 Å². The van der Waals surface area contributed by atoms with Gasteiger partial charge in [0.25, 0.3) is 11.4 Å². The van der Waals surface area contributed by atoms with Crippen molar-refractivity contribution in [3.63, 3.8) is 0 Å². The number of hydrogen-bond donors (Lipinski definition) is 4. The van der Waals surface area contributed by atoms with Crippen LogP contribution in [0.25, 0.3) is 0 Å². The lowest BCUT2D eigenvalue weighted by Crippen LogP contribution is -2.51. The first-order valence-electron chi connectivity index (χ1n) is 24.3. The molecule has 0 bridgehead atoms. The maximum Gasteiger partial charge on any atom is 0.279 e. The average molecular weight is 863 g/mol. The predicted octanol–water partition coefficient (Wildman–Crippen LogP) is 9.51. The number of fused-ring (bicyclic) bond motifs is 5. The van der Waals surface area contributed by atoms with Crippen LogP contribution >= 0.6 is 0 Å². The van der Waals surface area contributed by atoms with Gasteiger partial charge >= 0.3 is 0 Å². The first kappa shape index (κ1) is 49.2. The molecular formula is C49H78N6O7. The van der Waals surface area contributed by atoms with Crippen LogP contribution in [0.15, 0.2) is 29.8 Å². The highest BCUT2D eigenvalue weighted by Crippen LogP contribution is 2.67. The quantitative estimate of drug-likeness (QED) is 0.0324. The van der Waals surface area contributed by atoms with Crippen LogP contribution in [0.2, 0.25) is 0 Å². The van der Waals surface area contributed by atoms with Crippen LogP contribution in [0.1, 0.15) is 162 Å². The van der Waals surface area contributed by atoms with Crippen molar-refractivity contribution >= 4 is 29.1 Å². The van der Waals surface area contributed by atoms with Crippen molar-refractivity contribution in [3.05, 3.63) is 55.6 Å². The van der Waals surface area contributed by atoms with Crippen LogP contribution in [-0.2, 0) is 20.8 Å². The number of hydrogen-bond acceptors (Lipinski definition) is 8. The van der Waals surface area contributed by atoms with E-state index in [2.05, 4.69) is 62.0 Å². The largest absolute Gasteiger partial charge is 0.356 e. The number of carbonyl (C=O) groups is 3. The maximum atomic E-state index is 12.4. The zero-order valence-corrected chi connectivity index (χ0v) is 38.6. The molecule has 1 aromatic carbocycles. The van der Waals surface area contributed by atoms with E-state index in [0.717, 1.165) is 73.8 Å². The molecule has 13 nitrogen and oxygen atoms in total. The van der Waals surface area contributed by atoms with Gasteiger partial charge in [-0.3, -0.25) is 34.6 Å². The third-order valence-corrected chi connectivity index (χ3v) is 15.8. The highest BCUT2D eigenvalue weighted by molar-refractivity contribution is 5.80. The number of nitro benzene ring substituents is 2. The van der Waals surface area contributed by atoms with E-state index in [1.54, 1.807) is 5.57 Å². The van der Waals surface area contributed by atoms with Gasteiger partial charge in [0, 0.05) is 56.6 Å². The number of nitrogens with zero attached hydrogens (tertiary/aromatic N) is 2. The minimum absolute atomic E-state index is 0.0855. The van der Waals surface area contributed by atoms with Crippen LogP contribution in [0.3, 0.4) is 0 Å². The minimum Gasteiger partial charge on any atom is -0.356 e. The summed E-state index contributed by atoms with van der Waals surface area (Å²) in [4.78, 5) is 57.9. The van der Waals surface area contributed by atoms with Crippen molar-refractivity contribution in [2.45, 2.75) is 169 Å². The van der Waals surface area contributed by atoms with Gasteiger partial charge in [-0.1, -0.05) is 78.4 Å². The van der Waals surface area contributed by atoms with Gasteiger partial charge in [-0.05, 0) is 136 Å². The molecule has 3 amide bonds. The summed E-state index contributed by atoms with van der Waals surface area (Å²) in [5.41, 5.74) is 2.48. The molecule has 0 aliphatic heterocycles. The Morgan fingerprint density at radius 1 is 0.742 bits per heavy atom. The number of amides is 3. The van der Waals surface area contributed by atoms with Crippen LogP contribution < -0.4 is 21.3 Å². The summed E-state index contributed by atoms with van der Waals surface area (Å²) in [6.07, 6.45) is 22.2. The third kappa shape index (κ3) is 13.1. The van der Waals surface area contributed by atoms with E-state index >= 15 is 0 Å². The first-order chi connectivity index (χ1) is 29.6. The van der Waals surface area contributed by atoms with Crippen LogP contribution in [0, 0.1) is 66.6 Å². The number of allylic oxidation sites excluding steroid dienone is 1. The minimum atomic E-state index is -0.651. The standard InChI is InChI=1S/C49H78N6O7/c1-34(2)12-10-13-35(3)41-20-21-42-40-19-17-37-32-38(22-26-48(37,4)43(40)23-27-49(41,42)5)50-28-11-29-51-46(57)24-31-53-47(58)25-30-52-45(56)15-9-7-6-8-14-36-16-18-39(54(59)60)33-44(36)55(61)62/h16-18,33-35,38,40-43,50H,6-15,19-32H2,1-5H3,(H,51,57)(H,52,56)(H,53,58)/t35?,38-,40?,41+,42?,43?,48-,49+/m0/s1. The fourth-order valence-corrected chi connectivity index (χ4v) is 12.4. The van der Waals surface area contributed by atoms with Gasteiger partial charge in [-0.25, -0.2) is 0 Å². The second-order valence-electron chi connectivity index (χ2n) is 20.3. The van der Waals surface area contributed by atoms with E-state index in [-0.39, 0.29) is 55.0 Å². The molecular weight excluding hydrogens is 785 g/mol. The SMILES string of the molecule is CC(C)CCCC(C)[C@H]1CCC2C3CC=C4C[C@@H](NCCCNC(=O)CCNC(=O)CCNC(=O)CCCCCCc5ccc([N+](=O)[O-])cc5[N+](=O)[O-])CC[C@]4(C)C3CC[C@@]21C. The molecule has 0 saturated heterocycles. The molecule has 3 saturated carbocycles. The molecule has 8 atom stereocenters. The Morgan fingerprint density at radius 2 is 1.44 bits per heavy atom. The summed E-state index contributed by atoms with van der Waals surface area (Å²) in [5.74, 6) is 4.68. The van der Waals surface area contributed by atoms with Gasteiger partial charge in [0.15, 0.2) is 0 Å². The fraction of sp³-hybridized carbons (Fsp3) is 0.776. The lowest BCUT2D eigenvalue weighted by atomic mass is 9.47. The molecule has 62 heavy (non-hydrogen) atoms. The van der Waals surface area contributed by atoms with Gasteiger partial charge in [0.05, 0.1) is 15.9 Å². The smallest absolute Gasteiger partial charge is 0.279 e. The van der Waals surface area contributed by atoms with E-state index < -0.39 is 9.85 Å². The van der Waals surface area contributed by atoms with E-state index in [1.807, 2.05) is 0 Å². The fourth-order valence-electron chi connectivity index (χ4n) is 12.4. The van der Waals surface area contributed by atoms with Gasteiger partial charge in [0.1, 0.15) is 0 Å². The summed E-state index contributed by atoms with van der Waals surface area (Å²) < 4.78 is 0. The first-order valence-corrected chi connectivity index (χ1v) is 24.3. The number of unbranched alkanes of at least 4 members (excludes halogenated alkanes) is 3. The van der Waals surface area contributed by atoms with Crippen molar-refractivity contribution in [2.24, 2.45) is 46.3 Å². The van der Waals surface area contributed by atoms with E-state index in [1.165, 1.54) is 76.3 Å².